The molecule has 2 rings (SSSR count). The Morgan fingerprint density at radius 2 is 1.85 bits per heavy atom. The van der Waals surface area contributed by atoms with Gasteiger partial charge in [-0.3, -0.25) is 0 Å². The van der Waals surface area contributed by atoms with Crippen LogP contribution in [0.5, 0.6) is 0 Å². The van der Waals surface area contributed by atoms with Crippen LogP contribution in [0.3, 0.4) is 0 Å². The number of aryl methyl sites for hydroxylation is 1. The number of hydrogen-bond acceptors (Lipinski definition) is 4. The van der Waals surface area contributed by atoms with Crippen LogP contribution in [-0.4, -0.2) is 8.42 Å². The van der Waals surface area contributed by atoms with Gasteiger partial charge in [0.15, 0.2) is 4.90 Å². The molecule has 1 aromatic heterocycles. The van der Waals surface area contributed by atoms with Crippen LogP contribution in [0.4, 0.5) is 14.5 Å². The highest BCUT2D eigenvalue weighted by Crippen LogP contribution is 2.21. The Hall–Kier alpha value is -1.93. The fraction of sp³-hybridized carbons (Fsp3) is 0.167. The second kappa shape index (κ2) is 5.22. The lowest BCUT2D eigenvalue weighted by molar-refractivity contribution is 0.472. The maximum absolute atomic E-state index is 13.6. The van der Waals surface area contributed by atoms with Gasteiger partial charge in [0.25, 0.3) is 0 Å². The van der Waals surface area contributed by atoms with Crippen molar-refractivity contribution in [1.29, 1.82) is 0 Å². The van der Waals surface area contributed by atoms with Crippen LogP contribution in [0, 0.1) is 18.6 Å². The zero-order valence-corrected chi connectivity index (χ0v) is 11.3. The van der Waals surface area contributed by atoms with Crippen molar-refractivity contribution in [3.05, 3.63) is 47.4 Å². The predicted octanol–water partition coefficient (Wildman–Crippen LogP) is 1.93. The molecule has 0 radical (unpaired) electrons. The average molecular weight is 302 g/mol. The minimum absolute atomic E-state index is 0.194. The van der Waals surface area contributed by atoms with Crippen molar-refractivity contribution in [1.82, 2.24) is 4.72 Å². The highest BCUT2D eigenvalue weighted by molar-refractivity contribution is 7.89. The molecule has 0 aliphatic carbocycles. The summed E-state index contributed by atoms with van der Waals surface area (Å²) in [6.45, 7) is 1.48. The molecular weight excluding hydrogens is 290 g/mol. The molecule has 3 N–H and O–H groups in total. The Balaban J connectivity index is 2.27. The fourth-order valence-electron chi connectivity index (χ4n) is 1.65. The number of hydrogen-bond donors (Lipinski definition) is 2. The van der Waals surface area contributed by atoms with E-state index in [2.05, 4.69) is 4.72 Å². The van der Waals surface area contributed by atoms with Crippen LogP contribution in [0.15, 0.2) is 33.6 Å². The molecular formula is C12H12F2N2O3S. The first-order chi connectivity index (χ1) is 9.29. The van der Waals surface area contributed by atoms with E-state index in [0.717, 1.165) is 12.1 Å². The van der Waals surface area contributed by atoms with Crippen molar-refractivity contribution in [2.24, 2.45) is 0 Å². The summed E-state index contributed by atoms with van der Waals surface area (Å²) in [5.41, 5.74) is 5.04. The molecule has 0 unspecified atom stereocenters. The molecule has 0 fully saturated rings. The minimum Gasteiger partial charge on any atom is -0.465 e. The maximum atomic E-state index is 13.6. The summed E-state index contributed by atoms with van der Waals surface area (Å²) in [6.07, 6.45) is 0. The molecule has 0 saturated carbocycles. The maximum Gasteiger partial charge on any atom is 0.246 e. The number of nitrogens with one attached hydrogen (secondary N) is 1. The van der Waals surface area contributed by atoms with Gasteiger partial charge in [-0.15, -0.1) is 0 Å². The van der Waals surface area contributed by atoms with Crippen molar-refractivity contribution in [3.8, 4) is 0 Å². The van der Waals surface area contributed by atoms with Crippen molar-refractivity contribution < 1.29 is 21.6 Å². The van der Waals surface area contributed by atoms with Crippen LogP contribution in [0.25, 0.3) is 0 Å². The molecule has 0 amide bonds. The Morgan fingerprint density at radius 1 is 1.25 bits per heavy atom. The number of halogens is 2. The summed E-state index contributed by atoms with van der Waals surface area (Å²) in [5.74, 6) is -1.55. The predicted molar refractivity (Wildman–Crippen MR) is 68.2 cm³/mol. The molecule has 0 aliphatic heterocycles. The third-order valence-electron chi connectivity index (χ3n) is 2.52. The summed E-state index contributed by atoms with van der Waals surface area (Å²) < 4.78 is 58.2. The number of anilines is 1. The molecule has 2 aromatic rings. The van der Waals surface area contributed by atoms with Gasteiger partial charge < -0.3 is 10.2 Å². The van der Waals surface area contributed by atoms with Gasteiger partial charge in [0, 0.05) is 5.69 Å². The molecule has 0 saturated heterocycles. The molecule has 8 heteroatoms. The van der Waals surface area contributed by atoms with Crippen LogP contribution >= 0.6 is 0 Å². The van der Waals surface area contributed by atoms with Crippen molar-refractivity contribution >= 4 is 15.7 Å². The summed E-state index contributed by atoms with van der Waals surface area (Å²) in [7, 11) is -4.34. The fourth-order valence-corrected chi connectivity index (χ4v) is 2.76. The van der Waals surface area contributed by atoms with Gasteiger partial charge in [-0.1, -0.05) is 0 Å². The van der Waals surface area contributed by atoms with E-state index in [0.29, 0.717) is 11.5 Å². The van der Waals surface area contributed by atoms with E-state index in [9.17, 15) is 17.2 Å². The number of furan rings is 1. The molecule has 108 valence electrons. The lowest BCUT2D eigenvalue weighted by Crippen LogP contribution is -2.25. The van der Waals surface area contributed by atoms with Crippen molar-refractivity contribution in [2.75, 3.05) is 5.73 Å². The first-order valence-electron chi connectivity index (χ1n) is 5.59. The van der Waals surface area contributed by atoms with Crippen LogP contribution < -0.4 is 10.5 Å². The zero-order chi connectivity index (χ0) is 14.9. The zero-order valence-electron chi connectivity index (χ0n) is 10.5. The largest absolute Gasteiger partial charge is 0.465 e. The summed E-state index contributed by atoms with van der Waals surface area (Å²) in [4.78, 5) is -1.06. The lowest BCUT2D eigenvalue weighted by Gasteiger charge is -2.08. The molecule has 1 heterocycles. The highest BCUT2D eigenvalue weighted by atomic mass is 32.2. The third kappa shape index (κ3) is 2.97. The Kier molecular flexibility index (Phi) is 3.78. The summed E-state index contributed by atoms with van der Waals surface area (Å²) in [6, 6.07) is 4.70. The summed E-state index contributed by atoms with van der Waals surface area (Å²) in [5, 5.41) is 0. The normalized spacial score (nSPS) is 11.8. The van der Waals surface area contributed by atoms with E-state index >= 15 is 0 Å². The lowest BCUT2D eigenvalue weighted by atomic mass is 10.3. The molecule has 0 atom stereocenters. The Bertz CT molecular complexity index is 718. The van der Waals surface area contributed by atoms with Gasteiger partial charge in [-0.2, -0.15) is 0 Å². The number of nitrogen functional groups attached to an aromatic ring is 1. The van der Waals surface area contributed by atoms with Crippen LogP contribution in [0.2, 0.25) is 0 Å². The van der Waals surface area contributed by atoms with Gasteiger partial charge in [0.1, 0.15) is 23.2 Å². The van der Waals surface area contributed by atoms with E-state index in [1.807, 2.05) is 0 Å². The van der Waals surface area contributed by atoms with Crippen molar-refractivity contribution in [2.45, 2.75) is 18.4 Å². The van der Waals surface area contributed by atoms with Crippen molar-refractivity contribution in [3.63, 3.8) is 0 Å². The van der Waals surface area contributed by atoms with Crippen LogP contribution in [-0.2, 0) is 16.6 Å². The molecule has 0 spiro atoms. The molecule has 5 nitrogen and oxygen atoms in total. The molecule has 0 aliphatic rings. The van der Waals surface area contributed by atoms with Gasteiger partial charge in [0.2, 0.25) is 10.0 Å². The molecule has 1 aromatic carbocycles. The van der Waals surface area contributed by atoms with E-state index < -0.39 is 26.6 Å². The number of sulfonamides is 1. The highest BCUT2D eigenvalue weighted by Gasteiger charge is 2.24. The molecule has 0 bridgehead atoms. The standard InChI is InChI=1S/C12H12F2N2O3S/c1-7-2-3-9(19-7)6-16-20(17,18)12-10(13)4-8(15)5-11(12)14/h2-5,16H,6,15H2,1H3. The number of nitrogens with two attached hydrogens (primary N) is 1. The molecule has 20 heavy (non-hydrogen) atoms. The Labute approximate surface area is 114 Å². The van der Waals surface area contributed by atoms with E-state index in [4.69, 9.17) is 10.2 Å². The van der Waals surface area contributed by atoms with Gasteiger partial charge in [-0.05, 0) is 31.2 Å². The van der Waals surface area contributed by atoms with E-state index in [-0.39, 0.29) is 12.2 Å². The van der Waals surface area contributed by atoms with Gasteiger partial charge in [0.05, 0.1) is 6.54 Å². The topological polar surface area (TPSA) is 85.3 Å². The quantitative estimate of drug-likeness (QED) is 0.845. The number of rotatable bonds is 4. The van der Waals surface area contributed by atoms with Crippen LogP contribution in [0.1, 0.15) is 11.5 Å². The van der Waals surface area contributed by atoms with Gasteiger partial charge in [-0.25, -0.2) is 21.9 Å². The SMILES string of the molecule is Cc1ccc(CNS(=O)(=O)c2c(F)cc(N)cc2F)o1. The monoisotopic (exact) mass is 302 g/mol. The number of benzene rings is 1. The average Bonchev–Trinajstić information content (AvgIpc) is 2.71. The smallest absolute Gasteiger partial charge is 0.246 e. The third-order valence-corrected chi connectivity index (χ3v) is 3.97. The minimum atomic E-state index is -4.34. The second-order valence-corrected chi connectivity index (χ2v) is 5.85. The Morgan fingerprint density at radius 3 is 2.35 bits per heavy atom. The van der Waals surface area contributed by atoms with E-state index in [1.54, 1.807) is 19.1 Å². The second-order valence-electron chi connectivity index (χ2n) is 4.15. The first-order valence-corrected chi connectivity index (χ1v) is 7.07. The first kappa shape index (κ1) is 14.5. The summed E-state index contributed by atoms with van der Waals surface area (Å²) >= 11 is 0. The van der Waals surface area contributed by atoms with Gasteiger partial charge >= 0.3 is 0 Å². The van der Waals surface area contributed by atoms with E-state index in [1.165, 1.54) is 0 Å².